The molecule has 1 unspecified atom stereocenters. The summed E-state index contributed by atoms with van der Waals surface area (Å²) in [6.45, 7) is 4.98. The van der Waals surface area contributed by atoms with Gasteiger partial charge in [-0.2, -0.15) is 4.98 Å². The van der Waals surface area contributed by atoms with E-state index in [2.05, 4.69) is 37.7 Å². The minimum absolute atomic E-state index is 0.0291. The summed E-state index contributed by atoms with van der Waals surface area (Å²) in [7, 11) is 1.92. The van der Waals surface area contributed by atoms with E-state index < -0.39 is 0 Å². The molecule has 0 aromatic carbocycles. The molecule has 2 aromatic rings. The second kappa shape index (κ2) is 6.12. The lowest BCUT2D eigenvalue weighted by atomic mass is 10.3. The molecule has 2 heterocycles. The fourth-order valence-corrected chi connectivity index (χ4v) is 1.73. The lowest BCUT2D eigenvalue weighted by Crippen LogP contribution is -2.13. The average Bonchev–Trinajstić information content (AvgIpc) is 2.83. The van der Waals surface area contributed by atoms with E-state index in [1.165, 1.54) is 0 Å². The van der Waals surface area contributed by atoms with Crippen molar-refractivity contribution in [2.75, 3.05) is 17.2 Å². The molecule has 0 saturated heterocycles. The van der Waals surface area contributed by atoms with E-state index in [9.17, 15) is 0 Å². The lowest BCUT2D eigenvalue weighted by Gasteiger charge is -2.14. The van der Waals surface area contributed by atoms with Crippen LogP contribution in [0.5, 0.6) is 0 Å². The van der Waals surface area contributed by atoms with Crippen LogP contribution in [-0.2, 0) is 7.05 Å². The minimum atomic E-state index is 0.0291. The van der Waals surface area contributed by atoms with Gasteiger partial charge in [0.25, 0.3) is 0 Å². The topological polar surface area (TPSA) is 80.5 Å². The van der Waals surface area contributed by atoms with E-state index >= 15 is 0 Å². The minimum Gasteiger partial charge on any atom is -0.360 e. The van der Waals surface area contributed by atoms with Crippen molar-refractivity contribution in [3.63, 3.8) is 0 Å². The van der Waals surface area contributed by atoms with Crippen LogP contribution in [0.4, 0.5) is 11.8 Å². The summed E-state index contributed by atoms with van der Waals surface area (Å²) in [5.41, 5.74) is 0. The quantitative estimate of drug-likeness (QED) is 0.822. The summed E-state index contributed by atoms with van der Waals surface area (Å²) in [4.78, 5) is 8.57. The summed E-state index contributed by atoms with van der Waals surface area (Å²) >= 11 is 0. The summed E-state index contributed by atoms with van der Waals surface area (Å²) in [5.74, 6) is 2.27. The number of hydrogen-bond donors (Lipinski definition) is 2. The third-order valence-corrected chi connectivity index (χ3v) is 2.69. The molecule has 0 saturated carbocycles. The van der Waals surface area contributed by atoms with Crippen molar-refractivity contribution in [2.45, 2.75) is 26.3 Å². The molecule has 2 rings (SSSR count). The predicted octanol–water partition coefficient (Wildman–Crippen LogP) is 1.60. The van der Waals surface area contributed by atoms with E-state index in [0.717, 1.165) is 24.6 Å². The fraction of sp³-hybridized carbons (Fsp3) is 0.500. The first kappa shape index (κ1) is 13.3. The fourth-order valence-electron chi connectivity index (χ4n) is 1.73. The van der Waals surface area contributed by atoms with Crippen LogP contribution >= 0.6 is 0 Å². The Bertz CT molecular complexity index is 522. The highest BCUT2D eigenvalue weighted by molar-refractivity contribution is 5.40. The highest BCUT2D eigenvalue weighted by Gasteiger charge is 2.11. The van der Waals surface area contributed by atoms with E-state index in [0.29, 0.717) is 5.95 Å². The zero-order valence-corrected chi connectivity index (χ0v) is 11.5. The van der Waals surface area contributed by atoms with Crippen LogP contribution < -0.4 is 10.6 Å². The highest BCUT2D eigenvalue weighted by atomic mass is 15.3. The van der Waals surface area contributed by atoms with E-state index in [-0.39, 0.29) is 6.04 Å². The molecule has 0 aliphatic rings. The maximum Gasteiger partial charge on any atom is 0.224 e. The zero-order chi connectivity index (χ0) is 13.7. The Morgan fingerprint density at radius 2 is 2.26 bits per heavy atom. The van der Waals surface area contributed by atoms with Crippen LogP contribution in [0.25, 0.3) is 0 Å². The Balaban J connectivity index is 2.04. The monoisotopic (exact) mass is 261 g/mol. The van der Waals surface area contributed by atoms with Crippen LogP contribution in [0.2, 0.25) is 0 Å². The van der Waals surface area contributed by atoms with Gasteiger partial charge in [-0.3, -0.25) is 0 Å². The molecule has 102 valence electrons. The van der Waals surface area contributed by atoms with Crippen molar-refractivity contribution in [3.05, 3.63) is 24.4 Å². The molecular formula is C12H19N7. The normalized spacial score (nSPS) is 12.2. The molecule has 0 bridgehead atoms. The van der Waals surface area contributed by atoms with Crippen molar-refractivity contribution in [1.29, 1.82) is 0 Å². The molecule has 7 heteroatoms. The number of aryl methyl sites for hydroxylation is 1. The number of nitrogens with one attached hydrogen (secondary N) is 2. The van der Waals surface area contributed by atoms with Gasteiger partial charge in [-0.05, 0) is 19.4 Å². The van der Waals surface area contributed by atoms with Gasteiger partial charge in [-0.15, -0.1) is 10.2 Å². The third kappa shape index (κ3) is 3.40. The molecule has 2 N–H and O–H groups in total. The van der Waals surface area contributed by atoms with Crippen molar-refractivity contribution >= 4 is 11.8 Å². The van der Waals surface area contributed by atoms with Crippen LogP contribution in [0, 0.1) is 0 Å². The molecule has 1 atom stereocenters. The summed E-state index contributed by atoms with van der Waals surface area (Å²) in [6, 6.07) is 1.87. The molecule has 0 aliphatic heterocycles. The second-order valence-corrected chi connectivity index (χ2v) is 4.36. The standard InChI is InChI=1S/C12H19N7/c1-4-6-13-12-14-7-5-10(17-12)16-9(2)11-18-15-8-19(11)3/h5,7-9H,4,6H2,1-3H3,(H2,13,14,16,17). The molecule has 19 heavy (non-hydrogen) atoms. The third-order valence-electron chi connectivity index (χ3n) is 2.69. The van der Waals surface area contributed by atoms with Crippen LogP contribution in [0.3, 0.4) is 0 Å². The first-order chi connectivity index (χ1) is 9.20. The Morgan fingerprint density at radius 1 is 1.42 bits per heavy atom. The summed E-state index contributed by atoms with van der Waals surface area (Å²) < 4.78 is 1.88. The number of hydrogen-bond acceptors (Lipinski definition) is 6. The van der Waals surface area contributed by atoms with Gasteiger partial charge in [0, 0.05) is 19.8 Å². The van der Waals surface area contributed by atoms with Gasteiger partial charge in [-0.1, -0.05) is 6.92 Å². The maximum atomic E-state index is 4.40. The van der Waals surface area contributed by atoms with Crippen molar-refractivity contribution in [1.82, 2.24) is 24.7 Å². The van der Waals surface area contributed by atoms with Crippen molar-refractivity contribution in [3.8, 4) is 0 Å². The van der Waals surface area contributed by atoms with Crippen LogP contribution in [0.1, 0.15) is 32.1 Å². The smallest absolute Gasteiger partial charge is 0.224 e. The molecule has 0 radical (unpaired) electrons. The number of aromatic nitrogens is 5. The van der Waals surface area contributed by atoms with Crippen molar-refractivity contribution < 1.29 is 0 Å². The first-order valence-electron chi connectivity index (χ1n) is 6.38. The molecule has 0 amide bonds. The Hall–Kier alpha value is -2.18. The van der Waals surface area contributed by atoms with Gasteiger partial charge in [0.1, 0.15) is 12.1 Å². The zero-order valence-electron chi connectivity index (χ0n) is 11.5. The summed E-state index contributed by atoms with van der Waals surface area (Å²) in [6.07, 6.45) is 4.45. The summed E-state index contributed by atoms with van der Waals surface area (Å²) in [5, 5.41) is 14.4. The Kier molecular flexibility index (Phi) is 4.27. The number of rotatable bonds is 6. The van der Waals surface area contributed by atoms with Gasteiger partial charge < -0.3 is 15.2 Å². The highest BCUT2D eigenvalue weighted by Crippen LogP contribution is 2.15. The lowest BCUT2D eigenvalue weighted by molar-refractivity contribution is 0.716. The van der Waals surface area contributed by atoms with Gasteiger partial charge in [-0.25, -0.2) is 4.98 Å². The van der Waals surface area contributed by atoms with E-state index in [4.69, 9.17) is 0 Å². The number of anilines is 2. The van der Waals surface area contributed by atoms with Crippen LogP contribution in [-0.4, -0.2) is 31.3 Å². The predicted molar refractivity (Wildman–Crippen MR) is 73.9 cm³/mol. The van der Waals surface area contributed by atoms with Crippen LogP contribution in [0.15, 0.2) is 18.6 Å². The molecular weight excluding hydrogens is 242 g/mol. The first-order valence-corrected chi connectivity index (χ1v) is 6.38. The second-order valence-electron chi connectivity index (χ2n) is 4.36. The largest absolute Gasteiger partial charge is 0.360 e. The molecule has 2 aromatic heterocycles. The van der Waals surface area contributed by atoms with Gasteiger partial charge in [0.15, 0.2) is 5.82 Å². The Morgan fingerprint density at radius 3 is 2.95 bits per heavy atom. The van der Waals surface area contributed by atoms with E-state index in [1.807, 2.05) is 24.6 Å². The maximum absolute atomic E-state index is 4.40. The van der Waals surface area contributed by atoms with Gasteiger partial charge in [0.2, 0.25) is 5.95 Å². The van der Waals surface area contributed by atoms with Crippen molar-refractivity contribution in [2.24, 2.45) is 7.05 Å². The number of nitrogens with zero attached hydrogens (tertiary/aromatic N) is 5. The SMILES string of the molecule is CCCNc1nccc(NC(C)c2nncn2C)n1. The molecule has 0 spiro atoms. The van der Waals surface area contributed by atoms with E-state index in [1.54, 1.807) is 12.5 Å². The molecule has 7 nitrogen and oxygen atoms in total. The van der Waals surface area contributed by atoms with Gasteiger partial charge >= 0.3 is 0 Å². The average molecular weight is 261 g/mol. The molecule has 0 fully saturated rings. The Labute approximate surface area is 112 Å². The van der Waals surface area contributed by atoms with Gasteiger partial charge in [0.05, 0.1) is 6.04 Å². The molecule has 0 aliphatic carbocycles.